The zero-order chi connectivity index (χ0) is 26.4. The Morgan fingerprint density at radius 3 is 2.44 bits per heavy atom. The monoisotopic (exact) mass is 530 g/mol. The Bertz CT molecular complexity index is 1740. The molecule has 0 bridgehead atoms. The quantitative estimate of drug-likeness (QED) is 0.235. The van der Waals surface area contributed by atoms with Crippen molar-refractivity contribution in [1.29, 1.82) is 0 Å². The molecule has 0 aliphatic carbocycles. The maximum absolute atomic E-state index is 13.1. The molecule has 2 N–H and O–H groups in total. The minimum atomic E-state index is -0.211. The molecule has 8 nitrogen and oxygen atoms in total. The molecule has 0 atom stereocenters. The van der Waals surface area contributed by atoms with Crippen LogP contribution in [0, 0.1) is 0 Å². The zero-order valence-electron chi connectivity index (χ0n) is 20.6. The highest BCUT2D eigenvalue weighted by molar-refractivity contribution is 7.99. The van der Waals surface area contributed by atoms with Crippen molar-refractivity contribution in [1.82, 2.24) is 25.6 Å². The van der Waals surface area contributed by atoms with Gasteiger partial charge in [-0.3, -0.25) is 4.79 Å². The van der Waals surface area contributed by atoms with Crippen molar-refractivity contribution in [2.24, 2.45) is 0 Å². The van der Waals surface area contributed by atoms with Gasteiger partial charge >= 0.3 is 0 Å². The number of carbonyl (C=O) groups excluding carboxylic acids is 1. The topological polar surface area (TPSA) is 106 Å². The van der Waals surface area contributed by atoms with E-state index < -0.39 is 0 Å². The summed E-state index contributed by atoms with van der Waals surface area (Å²) in [5.74, 6) is 0.964. The summed E-state index contributed by atoms with van der Waals surface area (Å²) >= 11 is 1.52. The van der Waals surface area contributed by atoms with Gasteiger partial charge in [0.25, 0.3) is 5.91 Å². The molecule has 0 aliphatic heterocycles. The number of anilines is 1. The average molecular weight is 531 g/mol. The summed E-state index contributed by atoms with van der Waals surface area (Å²) in [5, 5.41) is 18.5. The summed E-state index contributed by atoms with van der Waals surface area (Å²) in [5.41, 5.74) is 3.86. The number of carbonyl (C=O) groups is 1. The van der Waals surface area contributed by atoms with Crippen LogP contribution in [-0.2, 0) is 6.61 Å². The third-order valence-electron chi connectivity index (χ3n) is 5.99. The first-order valence-electron chi connectivity index (χ1n) is 12.2. The van der Waals surface area contributed by atoms with Gasteiger partial charge in [-0.2, -0.15) is 5.21 Å². The van der Waals surface area contributed by atoms with Crippen LogP contribution in [0.15, 0.2) is 119 Å². The summed E-state index contributed by atoms with van der Waals surface area (Å²) in [6, 6.07) is 34.5. The van der Waals surface area contributed by atoms with Gasteiger partial charge in [-0.1, -0.05) is 60.3 Å². The Labute approximate surface area is 228 Å². The van der Waals surface area contributed by atoms with Gasteiger partial charge in [-0.05, 0) is 65.9 Å². The van der Waals surface area contributed by atoms with Gasteiger partial charge in [0.15, 0.2) is 0 Å². The number of amides is 1. The average Bonchev–Trinajstić information content (AvgIpc) is 3.52. The Kier molecular flexibility index (Phi) is 6.96. The van der Waals surface area contributed by atoms with Gasteiger partial charge in [0.1, 0.15) is 12.4 Å². The summed E-state index contributed by atoms with van der Waals surface area (Å²) in [6.07, 6.45) is 0. The Hall–Kier alpha value is -5.02. The van der Waals surface area contributed by atoms with Crippen LogP contribution in [0.3, 0.4) is 0 Å². The van der Waals surface area contributed by atoms with Crippen LogP contribution < -0.4 is 10.1 Å². The van der Waals surface area contributed by atoms with Crippen molar-refractivity contribution in [3.63, 3.8) is 0 Å². The Morgan fingerprint density at radius 2 is 1.59 bits per heavy atom. The standard InChI is InChI=1S/C30H22N6O2S/c37-30(21-14-17-23(18-15-21)38-19-22-16-13-20-7-1-3-9-25(20)31-22)32-26-10-4-6-12-28(26)39-27-11-5-2-8-24(27)29-33-35-36-34-29/h1-18H,19H2,(H,32,37)(H,33,34,35,36). The fourth-order valence-electron chi connectivity index (χ4n) is 4.04. The molecule has 0 saturated heterocycles. The summed E-state index contributed by atoms with van der Waals surface area (Å²) < 4.78 is 5.91. The molecule has 6 aromatic rings. The van der Waals surface area contributed by atoms with Crippen LogP contribution >= 0.6 is 11.8 Å². The molecule has 0 unspecified atom stereocenters. The number of hydrogen-bond donors (Lipinski definition) is 2. The molecule has 0 aliphatic rings. The van der Waals surface area contributed by atoms with Crippen LogP contribution in [0.25, 0.3) is 22.3 Å². The minimum Gasteiger partial charge on any atom is -0.487 e. The molecule has 0 radical (unpaired) electrons. The van der Waals surface area contributed by atoms with Crippen LogP contribution in [0.5, 0.6) is 5.75 Å². The molecule has 2 heterocycles. The number of fused-ring (bicyclic) bond motifs is 1. The number of pyridine rings is 1. The molecule has 9 heteroatoms. The van der Waals surface area contributed by atoms with E-state index in [0.29, 0.717) is 29.4 Å². The van der Waals surface area contributed by atoms with Crippen LogP contribution in [0.2, 0.25) is 0 Å². The number of rotatable bonds is 8. The number of H-pyrrole nitrogens is 1. The molecule has 39 heavy (non-hydrogen) atoms. The lowest BCUT2D eigenvalue weighted by Gasteiger charge is -2.12. The van der Waals surface area contributed by atoms with Crippen LogP contribution in [0.1, 0.15) is 16.1 Å². The van der Waals surface area contributed by atoms with Gasteiger partial charge in [0.05, 0.1) is 16.9 Å². The first-order valence-corrected chi connectivity index (χ1v) is 13.0. The molecule has 0 spiro atoms. The highest BCUT2D eigenvalue weighted by Crippen LogP contribution is 2.38. The third-order valence-corrected chi connectivity index (χ3v) is 7.14. The number of aromatic nitrogens is 5. The highest BCUT2D eigenvalue weighted by Gasteiger charge is 2.14. The smallest absolute Gasteiger partial charge is 0.255 e. The van der Waals surface area contributed by atoms with Crippen molar-refractivity contribution in [2.45, 2.75) is 16.4 Å². The maximum atomic E-state index is 13.1. The highest BCUT2D eigenvalue weighted by atomic mass is 32.2. The van der Waals surface area contributed by atoms with Crippen molar-refractivity contribution in [3.05, 3.63) is 120 Å². The predicted molar refractivity (Wildman–Crippen MR) is 151 cm³/mol. The Morgan fingerprint density at radius 1 is 0.821 bits per heavy atom. The van der Waals surface area contributed by atoms with Crippen LogP contribution in [0.4, 0.5) is 5.69 Å². The molecule has 1 amide bonds. The zero-order valence-corrected chi connectivity index (χ0v) is 21.4. The van der Waals surface area contributed by atoms with E-state index in [2.05, 4.69) is 30.9 Å². The third kappa shape index (κ3) is 5.63. The molecule has 190 valence electrons. The van der Waals surface area contributed by atoms with Gasteiger partial charge in [0.2, 0.25) is 5.82 Å². The van der Waals surface area contributed by atoms with Gasteiger partial charge in [-0.15, -0.1) is 10.2 Å². The maximum Gasteiger partial charge on any atom is 0.255 e. The molecular formula is C30H22N6O2S. The second kappa shape index (κ2) is 11.2. The van der Waals surface area contributed by atoms with E-state index in [1.54, 1.807) is 24.3 Å². The van der Waals surface area contributed by atoms with Gasteiger partial charge in [0, 0.05) is 26.3 Å². The number of nitrogens with one attached hydrogen (secondary N) is 2. The second-order valence-corrected chi connectivity index (χ2v) is 9.68. The fourth-order valence-corrected chi connectivity index (χ4v) is 5.07. The SMILES string of the molecule is O=C(Nc1ccccc1Sc1ccccc1-c1nn[nH]n1)c1ccc(OCc2ccc3ccccc3n2)cc1. The van der Waals surface area contributed by atoms with Crippen molar-refractivity contribution in [2.75, 3.05) is 5.32 Å². The molecular weight excluding hydrogens is 508 g/mol. The molecule has 6 rings (SSSR count). The van der Waals surface area contributed by atoms with E-state index in [-0.39, 0.29) is 5.91 Å². The number of para-hydroxylation sites is 2. The summed E-state index contributed by atoms with van der Waals surface area (Å²) in [6.45, 7) is 0.340. The van der Waals surface area contributed by atoms with Crippen molar-refractivity contribution in [3.8, 4) is 17.1 Å². The summed E-state index contributed by atoms with van der Waals surface area (Å²) in [4.78, 5) is 19.6. The number of nitrogens with zero attached hydrogens (tertiary/aromatic N) is 4. The molecule has 2 aromatic heterocycles. The largest absolute Gasteiger partial charge is 0.487 e. The lowest BCUT2D eigenvalue weighted by Crippen LogP contribution is -2.12. The number of aromatic amines is 1. The van der Waals surface area contributed by atoms with E-state index in [1.807, 2.05) is 84.9 Å². The molecule has 0 saturated carbocycles. The van der Waals surface area contributed by atoms with E-state index in [0.717, 1.165) is 32.0 Å². The predicted octanol–water partition coefficient (Wildman–Crippen LogP) is 6.40. The fraction of sp³-hybridized carbons (Fsp3) is 0.0333. The first-order chi connectivity index (χ1) is 19.2. The Balaban J connectivity index is 1.13. The normalized spacial score (nSPS) is 10.9. The number of tetrazole rings is 1. The summed E-state index contributed by atoms with van der Waals surface area (Å²) in [7, 11) is 0. The lowest BCUT2D eigenvalue weighted by atomic mass is 10.2. The van der Waals surface area contributed by atoms with E-state index in [4.69, 9.17) is 4.74 Å². The minimum absolute atomic E-state index is 0.211. The number of benzene rings is 4. The van der Waals surface area contributed by atoms with E-state index in [1.165, 1.54) is 11.8 Å². The molecule has 0 fully saturated rings. The van der Waals surface area contributed by atoms with Gasteiger partial charge in [-0.25, -0.2) is 4.98 Å². The molecule has 4 aromatic carbocycles. The van der Waals surface area contributed by atoms with Crippen molar-refractivity contribution >= 4 is 34.3 Å². The van der Waals surface area contributed by atoms with E-state index >= 15 is 0 Å². The first kappa shape index (κ1) is 24.3. The van der Waals surface area contributed by atoms with Crippen LogP contribution in [-0.4, -0.2) is 31.5 Å². The lowest BCUT2D eigenvalue weighted by molar-refractivity contribution is 0.102. The van der Waals surface area contributed by atoms with Gasteiger partial charge < -0.3 is 10.1 Å². The number of ether oxygens (including phenoxy) is 1. The number of hydrogen-bond acceptors (Lipinski definition) is 7. The second-order valence-electron chi connectivity index (χ2n) is 8.59. The van der Waals surface area contributed by atoms with E-state index in [9.17, 15) is 4.79 Å². The van der Waals surface area contributed by atoms with Crippen molar-refractivity contribution < 1.29 is 9.53 Å².